The fourth-order valence-electron chi connectivity index (χ4n) is 3.47. The fraction of sp³-hybridized carbons (Fsp3) is 0.348. The number of nitrogens with one attached hydrogen (secondary N) is 1. The van der Waals surface area contributed by atoms with Gasteiger partial charge in [0.2, 0.25) is 5.91 Å². The number of hydrogen-bond donors (Lipinski definition) is 1. The SMILES string of the molecule is Cc1ccc(C(=O)CCC(=O)NC2CCN(C(=O)c3ccc(Cl)cc3Cl)CC2)cc1. The minimum absolute atomic E-state index is 0.00304. The summed E-state index contributed by atoms with van der Waals surface area (Å²) in [5, 5.41) is 3.80. The van der Waals surface area contributed by atoms with E-state index in [0.717, 1.165) is 5.56 Å². The number of halogens is 2. The number of ketones is 1. The van der Waals surface area contributed by atoms with E-state index in [1.807, 2.05) is 19.1 Å². The van der Waals surface area contributed by atoms with Gasteiger partial charge < -0.3 is 10.2 Å². The lowest BCUT2D eigenvalue weighted by molar-refractivity contribution is -0.122. The summed E-state index contributed by atoms with van der Waals surface area (Å²) in [6, 6.07) is 12.2. The zero-order valence-corrected chi connectivity index (χ0v) is 18.3. The van der Waals surface area contributed by atoms with Gasteiger partial charge in [0.15, 0.2) is 5.78 Å². The van der Waals surface area contributed by atoms with Gasteiger partial charge in [-0.25, -0.2) is 0 Å². The highest BCUT2D eigenvalue weighted by molar-refractivity contribution is 6.36. The van der Waals surface area contributed by atoms with Crippen LogP contribution >= 0.6 is 23.2 Å². The average Bonchev–Trinajstić information content (AvgIpc) is 2.72. The number of piperidine rings is 1. The van der Waals surface area contributed by atoms with E-state index >= 15 is 0 Å². The molecule has 1 N–H and O–H groups in total. The Hall–Kier alpha value is -2.37. The van der Waals surface area contributed by atoms with Gasteiger partial charge in [0.05, 0.1) is 10.6 Å². The van der Waals surface area contributed by atoms with Crippen LogP contribution in [0.25, 0.3) is 0 Å². The summed E-state index contributed by atoms with van der Waals surface area (Å²) in [5.74, 6) is -0.309. The summed E-state index contributed by atoms with van der Waals surface area (Å²) < 4.78 is 0. The monoisotopic (exact) mass is 446 g/mol. The second-order valence-electron chi connectivity index (χ2n) is 7.55. The van der Waals surface area contributed by atoms with Crippen molar-refractivity contribution < 1.29 is 14.4 Å². The van der Waals surface area contributed by atoms with Crippen LogP contribution in [-0.2, 0) is 4.79 Å². The third-order valence-electron chi connectivity index (χ3n) is 5.26. The maximum Gasteiger partial charge on any atom is 0.255 e. The molecule has 1 fully saturated rings. The molecule has 1 aliphatic heterocycles. The molecule has 2 aromatic rings. The van der Waals surface area contributed by atoms with Gasteiger partial charge in [-0.3, -0.25) is 14.4 Å². The molecule has 1 saturated heterocycles. The van der Waals surface area contributed by atoms with Gasteiger partial charge in [0, 0.05) is 42.6 Å². The summed E-state index contributed by atoms with van der Waals surface area (Å²) in [6.45, 7) is 3.03. The molecule has 0 saturated carbocycles. The van der Waals surface area contributed by atoms with Gasteiger partial charge in [-0.05, 0) is 38.0 Å². The second-order valence-corrected chi connectivity index (χ2v) is 8.39. The molecule has 30 heavy (non-hydrogen) atoms. The Balaban J connectivity index is 1.43. The molecule has 0 bridgehead atoms. The lowest BCUT2D eigenvalue weighted by Gasteiger charge is -2.32. The Kier molecular flexibility index (Phi) is 7.51. The minimum atomic E-state index is -0.138. The van der Waals surface area contributed by atoms with E-state index in [9.17, 15) is 14.4 Å². The van der Waals surface area contributed by atoms with Gasteiger partial charge >= 0.3 is 0 Å². The molecular formula is C23H24Cl2N2O3. The lowest BCUT2D eigenvalue weighted by Crippen LogP contribution is -2.46. The number of carbonyl (C=O) groups excluding carboxylic acids is 3. The van der Waals surface area contributed by atoms with E-state index in [4.69, 9.17) is 23.2 Å². The molecule has 158 valence electrons. The zero-order valence-electron chi connectivity index (χ0n) is 16.8. The topological polar surface area (TPSA) is 66.5 Å². The van der Waals surface area contributed by atoms with Crippen molar-refractivity contribution in [3.05, 3.63) is 69.2 Å². The number of nitrogens with zero attached hydrogens (tertiary/aromatic N) is 1. The van der Waals surface area contributed by atoms with E-state index in [1.54, 1.807) is 35.2 Å². The van der Waals surface area contributed by atoms with Crippen LogP contribution in [0.4, 0.5) is 0 Å². The maximum atomic E-state index is 12.7. The highest BCUT2D eigenvalue weighted by atomic mass is 35.5. The molecule has 0 radical (unpaired) electrons. The zero-order chi connectivity index (χ0) is 21.7. The molecule has 1 heterocycles. The van der Waals surface area contributed by atoms with Crippen LogP contribution < -0.4 is 5.32 Å². The van der Waals surface area contributed by atoms with Crippen molar-refractivity contribution in [2.24, 2.45) is 0 Å². The number of carbonyl (C=O) groups is 3. The largest absolute Gasteiger partial charge is 0.353 e. The Labute approximate surface area is 186 Å². The molecule has 1 aliphatic rings. The first-order valence-electron chi connectivity index (χ1n) is 9.97. The van der Waals surface area contributed by atoms with Crippen molar-refractivity contribution in [2.75, 3.05) is 13.1 Å². The van der Waals surface area contributed by atoms with Crippen LogP contribution in [0.3, 0.4) is 0 Å². The molecule has 3 rings (SSSR count). The van der Waals surface area contributed by atoms with Gasteiger partial charge in [0.1, 0.15) is 0 Å². The third-order valence-corrected chi connectivity index (χ3v) is 5.81. The van der Waals surface area contributed by atoms with Gasteiger partial charge in [-0.2, -0.15) is 0 Å². The lowest BCUT2D eigenvalue weighted by atomic mass is 10.0. The Morgan fingerprint density at radius 2 is 1.67 bits per heavy atom. The van der Waals surface area contributed by atoms with E-state index in [2.05, 4.69) is 5.32 Å². The maximum absolute atomic E-state index is 12.7. The third kappa shape index (κ3) is 5.83. The van der Waals surface area contributed by atoms with Crippen molar-refractivity contribution in [1.29, 1.82) is 0 Å². The molecule has 0 aromatic heterocycles. The first kappa shape index (κ1) is 22.3. The standard InChI is InChI=1S/C23H24Cl2N2O3/c1-15-2-4-16(5-3-15)21(28)8-9-22(29)26-18-10-12-27(13-11-18)23(30)19-7-6-17(24)14-20(19)25/h2-7,14,18H,8-13H2,1H3,(H,26,29). The molecular weight excluding hydrogens is 423 g/mol. The van der Waals surface area contributed by atoms with Crippen LogP contribution in [0.2, 0.25) is 10.0 Å². The molecule has 2 aromatic carbocycles. The first-order chi connectivity index (χ1) is 14.3. The van der Waals surface area contributed by atoms with Crippen molar-refractivity contribution >= 4 is 40.8 Å². The Morgan fingerprint density at radius 3 is 2.30 bits per heavy atom. The quantitative estimate of drug-likeness (QED) is 0.654. The summed E-state index contributed by atoms with van der Waals surface area (Å²) >= 11 is 12.0. The smallest absolute Gasteiger partial charge is 0.255 e. The van der Waals surface area contributed by atoms with Crippen LogP contribution in [0.15, 0.2) is 42.5 Å². The molecule has 0 spiro atoms. The average molecular weight is 447 g/mol. The molecule has 2 amide bonds. The number of rotatable bonds is 6. The van der Waals surface area contributed by atoms with E-state index in [-0.39, 0.29) is 36.5 Å². The summed E-state index contributed by atoms with van der Waals surface area (Å²) in [7, 11) is 0. The van der Waals surface area contributed by atoms with Crippen molar-refractivity contribution in [2.45, 2.75) is 38.6 Å². The normalized spacial score (nSPS) is 14.4. The molecule has 7 heteroatoms. The van der Waals surface area contributed by atoms with Crippen LogP contribution in [0.1, 0.15) is 52.0 Å². The highest BCUT2D eigenvalue weighted by Gasteiger charge is 2.25. The van der Waals surface area contributed by atoms with Crippen molar-refractivity contribution in [3.8, 4) is 0 Å². The second kappa shape index (κ2) is 10.1. The number of Topliss-reactive ketones (excluding diaryl/α,β-unsaturated/α-hetero) is 1. The first-order valence-corrected chi connectivity index (χ1v) is 10.7. The van der Waals surface area contributed by atoms with Gasteiger partial charge in [-0.1, -0.05) is 53.0 Å². The fourth-order valence-corrected chi connectivity index (χ4v) is 3.96. The number of hydrogen-bond acceptors (Lipinski definition) is 3. The van der Waals surface area contributed by atoms with E-state index in [1.165, 1.54) is 0 Å². The molecule has 0 atom stereocenters. The predicted molar refractivity (Wildman–Crippen MR) is 118 cm³/mol. The molecule has 0 unspecified atom stereocenters. The van der Waals surface area contributed by atoms with Gasteiger partial charge in [0.25, 0.3) is 5.91 Å². The van der Waals surface area contributed by atoms with Crippen LogP contribution in [0.5, 0.6) is 0 Å². The highest BCUT2D eigenvalue weighted by Crippen LogP contribution is 2.23. The number of aryl methyl sites for hydroxylation is 1. The molecule has 5 nitrogen and oxygen atoms in total. The predicted octanol–water partition coefficient (Wildman–Crippen LogP) is 4.69. The number of benzene rings is 2. The summed E-state index contributed by atoms with van der Waals surface area (Å²) in [4.78, 5) is 38.9. The van der Waals surface area contributed by atoms with Crippen LogP contribution in [0, 0.1) is 6.92 Å². The summed E-state index contributed by atoms with van der Waals surface area (Å²) in [6.07, 6.45) is 1.66. The van der Waals surface area contributed by atoms with Gasteiger partial charge in [-0.15, -0.1) is 0 Å². The Morgan fingerprint density at radius 1 is 1.00 bits per heavy atom. The number of amides is 2. The van der Waals surface area contributed by atoms with E-state index < -0.39 is 0 Å². The summed E-state index contributed by atoms with van der Waals surface area (Å²) in [5.41, 5.74) is 2.15. The van der Waals surface area contributed by atoms with Crippen molar-refractivity contribution in [3.63, 3.8) is 0 Å². The molecule has 0 aliphatic carbocycles. The van der Waals surface area contributed by atoms with Crippen molar-refractivity contribution in [1.82, 2.24) is 10.2 Å². The van der Waals surface area contributed by atoms with E-state index in [0.29, 0.717) is 47.1 Å². The van der Waals surface area contributed by atoms with Crippen LogP contribution in [-0.4, -0.2) is 41.6 Å². The number of likely N-dealkylation sites (tertiary alicyclic amines) is 1. The minimum Gasteiger partial charge on any atom is -0.353 e. The Bertz CT molecular complexity index is 936.